The maximum absolute atomic E-state index is 12.6. The van der Waals surface area contributed by atoms with E-state index in [4.69, 9.17) is 5.73 Å². The average Bonchev–Trinajstić information content (AvgIpc) is 2.81. The molecule has 0 bridgehead atoms. The number of hydrogen-bond donors (Lipinski definition) is 4. The monoisotopic (exact) mass is 453 g/mol. The highest BCUT2D eigenvalue weighted by Crippen LogP contribution is 2.21. The van der Waals surface area contributed by atoms with Crippen LogP contribution in [0.3, 0.4) is 0 Å². The van der Waals surface area contributed by atoms with Crippen LogP contribution in [0, 0.1) is 5.92 Å². The number of likely N-dealkylation sites (tertiary alicyclic amines) is 1. The van der Waals surface area contributed by atoms with Gasteiger partial charge < -0.3 is 26.6 Å². The second kappa shape index (κ2) is 11.0. The summed E-state index contributed by atoms with van der Waals surface area (Å²) in [6.07, 6.45) is 0.866. The first-order chi connectivity index (χ1) is 15.8. The molecule has 0 spiro atoms. The van der Waals surface area contributed by atoms with E-state index in [0.717, 1.165) is 5.56 Å². The third-order valence-electron chi connectivity index (χ3n) is 5.18. The second-order valence-electron chi connectivity index (χ2n) is 7.66. The van der Waals surface area contributed by atoms with Crippen LogP contribution in [-0.4, -0.2) is 64.7 Å². The van der Waals surface area contributed by atoms with Gasteiger partial charge in [0.1, 0.15) is 11.6 Å². The first kappa shape index (κ1) is 23.6. The van der Waals surface area contributed by atoms with Crippen LogP contribution in [0.1, 0.15) is 19.8 Å². The number of hydrogen-bond acceptors (Lipinski definition) is 7. The number of primary amides is 1. The van der Waals surface area contributed by atoms with Crippen LogP contribution >= 0.6 is 0 Å². The second-order valence-corrected chi connectivity index (χ2v) is 7.66. The van der Waals surface area contributed by atoms with Gasteiger partial charge in [-0.25, -0.2) is 9.97 Å². The lowest BCUT2D eigenvalue weighted by Gasteiger charge is -2.29. The summed E-state index contributed by atoms with van der Waals surface area (Å²) in [4.78, 5) is 57.8. The smallest absolute Gasteiger partial charge is 0.315 e. The molecule has 0 aliphatic carbocycles. The van der Waals surface area contributed by atoms with Gasteiger partial charge in [-0.1, -0.05) is 30.3 Å². The molecule has 5 N–H and O–H groups in total. The van der Waals surface area contributed by atoms with E-state index < -0.39 is 11.8 Å². The summed E-state index contributed by atoms with van der Waals surface area (Å²) in [5.74, 6) is -1.37. The summed E-state index contributed by atoms with van der Waals surface area (Å²) in [6.45, 7) is 2.80. The third kappa shape index (κ3) is 6.73. The summed E-state index contributed by atoms with van der Waals surface area (Å²) in [5, 5.41) is 8.30. The van der Waals surface area contributed by atoms with Crippen molar-refractivity contribution in [2.75, 3.05) is 36.8 Å². The molecule has 4 amide bonds. The van der Waals surface area contributed by atoms with Crippen molar-refractivity contribution in [1.29, 1.82) is 0 Å². The molecule has 33 heavy (non-hydrogen) atoms. The zero-order chi connectivity index (χ0) is 23.8. The van der Waals surface area contributed by atoms with Gasteiger partial charge in [0, 0.05) is 50.7 Å². The minimum absolute atomic E-state index is 0.143. The predicted octanol–water partition coefficient (Wildman–Crippen LogP) is 0.354. The first-order valence-electron chi connectivity index (χ1n) is 10.7. The highest BCUT2D eigenvalue weighted by molar-refractivity contribution is 6.39. The first-order valence-corrected chi connectivity index (χ1v) is 10.7. The molecule has 0 atom stereocenters. The number of amides is 4. The number of anilines is 2. The molecule has 1 saturated heterocycles. The van der Waals surface area contributed by atoms with E-state index in [1.54, 1.807) is 0 Å². The molecular weight excluding hydrogens is 426 g/mol. The molecule has 11 nitrogen and oxygen atoms in total. The van der Waals surface area contributed by atoms with E-state index in [1.807, 2.05) is 30.3 Å². The number of carbonyl (C=O) groups is 4. The van der Waals surface area contributed by atoms with Gasteiger partial charge in [0.2, 0.25) is 11.8 Å². The zero-order valence-electron chi connectivity index (χ0n) is 18.3. The zero-order valence-corrected chi connectivity index (χ0v) is 18.3. The Morgan fingerprint density at radius 1 is 1.03 bits per heavy atom. The Morgan fingerprint density at radius 2 is 1.70 bits per heavy atom. The third-order valence-corrected chi connectivity index (χ3v) is 5.18. The van der Waals surface area contributed by atoms with Crippen molar-refractivity contribution in [1.82, 2.24) is 20.2 Å². The number of rotatable bonds is 7. The molecule has 0 saturated carbocycles. The largest absolute Gasteiger partial charge is 0.369 e. The molecule has 2 heterocycles. The fourth-order valence-electron chi connectivity index (χ4n) is 3.43. The van der Waals surface area contributed by atoms with Gasteiger partial charge in [-0.15, -0.1) is 0 Å². The predicted molar refractivity (Wildman–Crippen MR) is 122 cm³/mol. The van der Waals surface area contributed by atoms with Crippen LogP contribution in [0.4, 0.5) is 11.6 Å². The Morgan fingerprint density at radius 3 is 2.33 bits per heavy atom. The number of piperidine rings is 1. The van der Waals surface area contributed by atoms with E-state index >= 15 is 0 Å². The van der Waals surface area contributed by atoms with Gasteiger partial charge in [-0.2, -0.15) is 0 Å². The number of aromatic nitrogens is 2. The number of nitrogens with zero attached hydrogens (tertiary/aromatic N) is 3. The minimum atomic E-state index is -0.825. The van der Waals surface area contributed by atoms with E-state index in [-0.39, 0.29) is 36.6 Å². The Bertz CT molecular complexity index is 1020. The van der Waals surface area contributed by atoms with Crippen LogP contribution in [0.15, 0.2) is 36.4 Å². The molecule has 11 heteroatoms. The fourth-order valence-corrected chi connectivity index (χ4v) is 3.43. The van der Waals surface area contributed by atoms with Crippen molar-refractivity contribution in [2.45, 2.75) is 19.8 Å². The highest BCUT2D eigenvalue weighted by Gasteiger charge is 2.29. The van der Waals surface area contributed by atoms with Crippen molar-refractivity contribution in [3.63, 3.8) is 0 Å². The van der Waals surface area contributed by atoms with Gasteiger partial charge in [0.05, 0.1) is 0 Å². The quantitative estimate of drug-likeness (QED) is 0.348. The molecule has 3 rings (SSSR count). The number of carbonyl (C=O) groups excluding carboxylic acids is 4. The van der Waals surface area contributed by atoms with Crippen LogP contribution in [0.25, 0.3) is 11.4 Å². The van der Waals surface area contributed by atoms with Crippen LogP contribution in [-0.2, 0) is 19.2 Å². The fraction of sp³-hybridized carbons (Fsp3) is 0.364. The topological polar surface area (TPSA) is 159 Å². The number of nitrogens with two attached hydrogens (primary N) is 1. The van der Waals surface area contributed by atoms with Gasteiger partial charge in [-0.05, 0) is 12.8 Å². The van der Waals surface area contributed by atoms with Crippen molar-refractivity contribution in [3.05, 3.63) is 36.4 Å². The molecule has 174 valence electrons. The molecule has 0 radical (unpaired) electrons. The summed E-state index contributed by atoms with van der Waals surface area (Å²) in [5.41, 5.74) is 6.06. The molecule has 1 fully saturated rings. The van der Waals surface area contributed by atoms with E-state index in [0.29, 0.717) is 37.6 Å². The van der Waals surface area contributed by atoms with Crippen molar-refractivity contribution in [3.8, 4) is 11.4 Å². The van der Waals surface area contributed by atoms with Gasteiger partial charge in [0.15, 0.2) is 5.82 Å². The number of benzene rings is 1. The van der Waals surface area contributed by atoms with Gasteiger partial charge in [0.25, 0.3) is 0 Å². The molecule has 1 aromatic heterocycles. The van der Waals surface area contributed by atoms with Gasteiger partial charge >= 0.3 is 11.8 Å². The maximum atomic E-state index is 12.6. The molecular formula is C22H27N7O4. The van der Waals surface area contributed by atoms with E-state index in [2.05, 4.69) is 25.9 Å². The molecule has 0 unspecified atom stereocenters. The summed E-state index contributed by atoms with van der Waals surface area (Å²) >= 11 is 0. The van der Waals surface area contributed by atoms with Crippen molar-refractivity contribution >= 4 is 35.3 Å². The van der Waals surface area contributed by atoms with Crippen LogP contribution < -0.4 is 21.7 Å². The molecule has 1 aliphatic rings. The molecule has 1 aliphatic heterocycles. The van der Waals surface area contributed by atoms with E-state index in [9.17, 15) is 19.2 Å². The minimum Gasteiger partial charge on any atom is -0.369 e. The van der Waals surface area contributed by atoms with Gasteiger partial charge in [-0.3, -0.25) is 19.2 Å². The summed E-state index contributed by atoms with van der Waals surface area (Å²) < 4.78 is 0. The Kier molecular flexibility index (Phi) is 7.90. The normalized spacial score (nSPS) is 13.8. The Balaban J connectivity index is 1.71. The van der Waals surface area contributed by atoms with Crippen molar-refractivity contribution < 1.29 is 19.2 Å². The Hall–Kier alpha value is -4.02. The maximum Gasteiger partial charge on any atom is 0.315 e. The lowest BCUT2D eigenvalue weighted by molar-refractivity contribution is -0.144. The molecule has 1 aromatic carbocycles. The number of nitrogens with one attached hydrogen (secondary N) is 3. The molecule has 2 aromatic rings. The van der Waals surface area contributed by atoms with E-state index in [1.165, 1.54) is 17.9 Å². The lowest BCUT2D eigenvalue weighted by atomic mass is 9.96. The average molecular weight is 454 g/mol. The SMILES string of the molecule is CC(=O)NCCNc1cc(NC(=O)C(=O)N2CCC(C(N)=O)CC2)nc(-c2ccccc2)n1. The van der Waals surface area contributed by atoms with Crippen LogP contribution in [0.2, 0.25) is 0 Å². The highest BCUT2D eigenvalue weighted by atomic mass is 16.2. The Labute approximate surface area is 191 Å². The lowest BCUT2D eigenvalue weighted by Crippen LogP contribution is -2.46. The standard InChI is InChI=1S/C22H27N7O4/c1-14(30)24-9-10-25-17-13-18(27-20(26-17)16-5-3-2-4-6-16)28-21(32)22(33)29-11-7-15(8-12-29)19(23)31/h2-6,13,15H,7-12H2,1H3,(H2,23,31)(H,24,30)(H2,25,26,27,28,32). The summed E-state index contributed by atoms with van der Waals surface area (Å²) in [6, 6.07) is 10.7. The summed E-state index contributed by atoms with van der Waals surface area (Å²) in [7, 11) is 0. The van der Waals surface area contributed by atoms with Crippen LogP contribution in [0.5, 0.6) is 0 Å². The van der Waals surface area contributed by atoms with Crippen molar-refractivity contribution in [2.24, 2.45) is 11.7 Å².